The lowest BCUT2D eigenvalue weighted by Crippen LogP contribution is -2.50. The number of aromatic nitrogens is 4. The molecule has 1 atom stereocenters. The van der Waals surface area contributed by atoms with Crippen LogP contribution in [-0.4, -0.2) is 62.1 Å². The number of amides is 1. The van der Waals surface area contributed by atoms with E-state index in [1.807, 2.05) is 17.5 Å². The van der Waals surface area contributed by atoms with Gasteiger partial charge in [-0.2, -0.15) is 0 Å². The van der Waals surface area contributed by atoms with Crippen molar-refractivity contribution < 1.29 is 13.6 Å². The Balaban J connectivity index is 0.00000259. The van der Waals surface area contributed by atoms with Gasteiger partial charge in [0, 0.05) is 31.1 Å². The second-order valence-corrected chi connectivity index (χ2v) is 8.57. The molecule has 4 aromatic rings. The summed E-state index contributed by atoms with van der Waals surface area (Å²) in [6.07, 6.45) is 1.50. The molecule has 1 aliphatic heterocycles. The summed E-state index contributed by atoms with van der Waals surface area (Å²) in [6.45, 7) is 2.91. The molecule has 4 heterocycles. The van der Waals surface area contributed by atoms with Crippen molar-refractivity contribution in [1.29, 1.82) is 0 Å². The van der Waals surface area contributed by atoms with Crippen LogP contribution >= 0.6 is 23.7 Å². The number of carbonyl (C=O) groups excluding carboxylic acids is 1. The first kappa shape index (κ1) is 23.1. The van der Waals surface area contributed by atoms with Crippen molar-refractivity contribution in [1.82, 2.24) is 30.0 Å². The molecule has 1 amide bonds. The maximum absolute atomic E-state index is 13.6. The molecule has 8 nitrogen and oxygen atoms in total. The molecule has 1 unspecified atom stereocenters. The minimum atomic E-state index is -0.292. The number of halogens is 2. The van der Waals surface area contributed by atoms with Crippen molar-refractivity contribution in [3.8, 4) is 0 Å². The maximum Gasteiger partial charge on any atom is 0.289 e. The van der Waals surface area contributed by atoms with Crippen LogP contribution < -0.4 is 0 Å². The highest BCUT2D eigenvalue weighted by Gasteiger charge is 2.32. The molecule has 0 aliphatic carbocycles. The highest BCUT2D eigenvalue weighted by atomic mass is 35.5. The Morgan fingerprint density at radius 1 is 1.09 bits per heavy atom. The van der Waals surface area contributed by atoms with Crippen LogP contribution in [0.4, 0.5) is 4.39 Å². The SMILES string of the molecule is Cl.O=C(c1ccco1)N1CCN(C(c2ccc(F)cc2)c2nnnn2Cc2cccs2)CC1. The fourth-order valence-corrected chi connectivity index (χ4v) is 4.66. The van der Waals surface area contributed by atoms with Crippen molar-refractivity contribution in [3.05, 3.63) is 88.0 Å². The predicted molar refractivity (Wildman–Crippen MR) is 123 cm³/mol. The minimum Gasteiger partial charge on any atom is -0.459 e. The molecule has 3 aromatic heterocycles. The van der Waals surface area contributed by atoms with Crippen LogP contribution in [0.25, 0.3) is 0 Å². The second-order valence-electron chi connectivity index (χ2n) is 7.53. The lowest BCUT2D eigenvalue weighted by Gasteiger charge is -2.38. The van der Waals surface area contributed by atoms with Gasteiger partial charge in [-0.3, -0.25) is 9.69 Å². The van der Waals surface area contributed by atoms with E-state index in [2.05, 4.69) is 20.4 Å². The maximum atomic E-state index is 13.6. The molecule has 0 bridgehead atoms. The van der Waals surface area contributed by atoms with Gasteiger partial charge in [0.15, 0.2) is 11.6 Å². The zero-order chi connectivity index (χ0) is 21.9. The molecular formula is C22H22ClFN6O2S. The molecule has 1 aliphatic rings. The van der Waals surface area contributed by atoms with Crippen molar-refractivity contribution >= 4 is 29.7 Å². The highest BCUT2D eigenvalue weighted by Crippen LogP contribution is 2.29. The third-order valence-electron chi connectivity index (χ3n) is 5.57. The number of nitrogens with zero attached hydrogens (tertiary/aromatic N) is 6. The van der Waals surface area contributed by atoms with Crippen LogP contribution in [0.5, 0.6) is 0 Å². The molecular weight excluding hydrogens is 467 g/mol. The molecule has 0 radical (unpaired) electrons. The molecule has 172 valence electrons. The monoisotopic (exact) mass is 488 g/mol. The minimum absolute atomic E-state index is 0. The third kappa shape index (κ3) is 4.97. The Labute approximate surface area is 200 Å². The van der Waals surface area contributed by atoms with E-state index in [0.29, 0.717) is 44.3 Å². The number of hydrogen-bond acceptors (Lipinski definition) is 7. The molecule has 11 heteroatoms. The van der Waals surface area contributed by atoms with Gasteiger partial charge < -0.3 is 9.32 Å². The number of hydrogen-bond donors (Lipinski definition) is 0. The molecule has 0 saturated carbocycles. The molecule has 0 spiro atoms. The second kappa shape index (κ2) is 10.2. The standard InChI is InChI=1S/C22H21FN6O2S.ClH/c23-17-7-5-16(6-8-17)20(21-24-25-26-29(21)15-18-3-2-14-32-18)27-9-11-28(12-10-27)22(30)19-4-1-13-31-19;/h1-8,13-14,20H,9-12,15H2;1H. The predicted octanol–water partition coefficient (Wildman–Crippen LogP) is 3.48. The quantitative estimate of drug-likeness (QED) is 0.413. The highest BCUT2D eigenvalue weighted by molar-refractivity contribution is 7.09. The molecule has 1 saturated heterocycles. The number of piperazine rings is 1. The summed E-state index contributed by atoms with van der Waals surface area (Å²) in [4.78, 5) is 17.8. The fourth-order valence-electron chi connectivity index (χ4n) is 3.98. The number of rotatable bonds is 6. The summed E-state index contributed by atoms with van der Waals surface area (Å²) in [7, 11) is 0. The Bertz CT molecular complexity index is 1160. The van der Waals surface area contributed by atoms with E-state index in [1.165, 1.54) is 18.4 Å². The largest absolute Gasteiger partial charge is 0.459 e. The first-order valence-corrected chi connectivity index (χ1v) is 11.2. The zero-order valence-electron chi connectivity index (χ0n) is 17.6. The number of furan rings is 1. The summed E-state index contributed by atoms with van der Waals surface area (Å²) < 4.78 is 20.7. The van der Waals surface area contributed by atoms with Crippen LogP contribution in [0.15, 0.2) is 64.6 Å². The molecule has 1 aromatic carbocycles. The first-order valence-electron chi connectivity index (χ1n) is 10.3. The van der Waals surface area contributed by atoms with E-state index >= 15 is 0 Å². The van der Waals surface area contributed by atoms with Crippen molar-refractivity contribution in [2.24, 2.45) is 0 Å². The smallest absolute Gasteiger partial charge is 0.289 e. The topological polar surface area (TPSA) is 80.3 Å². The van der Waals surface area contributed by atoms with Gasteiger partial charge in [-0.15, -0.1) is 28.8 Å². The van der Waals surface area contributed by atoms with Crippen LogP contribution in [0, 0.1) is 5.82 Å². The lowest BCUT2D eigenvalue weighted by atomic mass is 10.0. The van der Waals surface area contributed by atoms with E-state index in [4.69, 9.17) is 4.42 Å². The van der Waals surface area contributed by atoms with E-state index in [-0.39, 0.29) is 30.2 Å². The Hall–Kier alpha value is -3.08. The number of carbonyl (C=O) groups is 1. The van der Waals surface area contributed by atoms with Gasteiger partial charge in [-0.1, -0.05) is 18.2 Å². The molecule has 0 N–H and O–H groups in total. The van der Waals surface area contributed by atoms with Crippen molar-refractivity contribution in [2.75, 3.05) is 26.2 Å². The summed E-state index contributed by atoms with van der Waals surface area (Å²) in [5.41, 5.74) is 0.902. The van der Waals surface area contributed by atoms with E-state index in [0.717, 1.165) is 10.4 Å². The van der Waals surface area contributed by atoms with Crippen LogP contribution in [0.3, 0.4) is 0 Å². The zero-order valence-corrected chi connectivity index (χ0v) is 19.2. The van der Waals surface area contributed by atoms with Gasteiger partial charge in [0.05, 0.1) is 18.8 Å². The van der Waals surface area contributed by atoms with Crippen molar-refractivity contribution in [3.63, 3.8) is 0 Å². The van der Waals surface area contributed by atoms with Gasteiger partial charge in [0.2, 0.25) is 0 Å². The van der Waals surface area contributed by atoms with Gasteiger partial charge in [0.25, 0.3) is 5.91 Å². The third-order valence-corrected chi connectivity index (χ3v) is 6.44. The Morgan fingerprint density at radius 2 is 1.88 bits per heavy atom. The summed E-state index contributed by atoms with van der Waals surface area (Å²) in [5, 5.41) is 14.5. The number of thiophene rings is 1. The summed E-state index contributed by atoms with van der Waals surface area (Å²) in [6, 6.07) is 13.6. The average Bonchev–Trinajstić information content (AvgIpc) is 3.60. The van der Waals surface area contributed by atoms with Crippen molar-refractivity contribution in [2.45, 2.75) is 12.6 Å². The van der Waals surface area contributed by atoms with Crippen LogP contribution in [0.2, 0.25) is 0 Å². The van der Waals surface area contributed by atoms with Crippen LogP contribution in [-0.2, 0) is 6.54 Å². The first-order chi connectivity index (χ1) is 15.7. The van der Waals surface area contributed by atoms with Gasteiger partial charge in [-0.25, -0.2) is 9.07 Å². The summed E-state index contributed by atoms with van der Waals surface area (Å²) >= 11 is 1.64. The average molecular weight is 489 g/mol. The lowest BCUT2D eigenvalue weighted by molar-refractivity contribution is 0.0559. The van der Waals surface area contributed by atoms with E-state index < -0.39 is 0 Å². The normalized spacial score (nSPS) is 15.2. The van der Waals surface area contributed by atoms with E-state index in [1.54, 1.807) is 45.2 Å². The van der Waals surface area contributed by atoms with Crippen LogP contribution in [0.1, 0.15) is 32.9 Å². The van der Waals surface area contributed by atoms with Gasteiger partial charge >= 0.3 is 0 Å². The number of tetrazole rings is 1. The molecule has 33 heavy (non-hydrogen) atoms. The molecule has 5 rings (SSSR count). The Morgan fingerprint density at radius 3 is 2.55 bits per heavy atom. The van der Waals surface area contributed by atoms with Gasteiger partial charge in [0.1, 0.15) is 5.82 Å². The Kier molecular flexibility index (Phi) is 7.17. The number of benzene rings is 1. The molecule has 1 fully saturated rings. The summed E-state index contributed by atoms with van der Waals surface area (Å²) in [5.74, 6) is 0.624. The van der Waals surface area contributed by atoms with Gasteiger partial charge in [-0.05, 0) is 51.7 Å². The fraction of sp³-hybridized carbons (Fsp3) is 0.273. The van der Waals surface area contributed by atoms with E-state index in [9.17, 15) is 9.18 Å².